The minimum absolute atomic E-state index is 0.247. The molecule has 2 heterocycles. The minimum atomic E-state index is -0.404. The Morgan fingerprint density at radius 1 is 1.22 bits per heavy atom. The maximum atomic E-state index is 14.7. The first-order valence-corrected chi connectivity index (χ1v) is 12.5. The number of thiazole rings is 1. The van der Waals surface area contributed by atoms with Crippen LogP contribution in [0.4, 0.5) is 20.9 Å². The number of hydrogen-bond acceptors (Lipinski definition) is 8. The molecule has 32 heavy (non-hydrogen) atoms. The van der Waals surface area contributed by atoms with Gasteiger partial charge in [-0.25, -0.2) is 19.9 Å². The fraction of sp³-hybridized carbons (Fsp3) is 0.591. The van der Waals surface area contributed by atoms with Gasteiger partial charge in [-0.1, -0.05) is 11.6 Å². The standard InChI is InChI=1S/C22H32ClFN6OS/c1-28-8-10-30(11-9-28)17-5-3-16(4-6-17)15-26-20-14-19(24)21(13-18(20)23)29(2)31-27-22-25-7-12-32-22/h7,12-14,16-17,26H,3-6,8-11,15H2,1-2H3,(H,25,27). The third kappa shape index (κ3) is 6.02. The van der Waals surface area contributed by atoms with E-state index in [-0.39, 0.29) is 5.69 Å². The van der Waals surface area contributed by atoms with E-state index in [1.54, 1.807) is 19.3 Å². The highest BCUT2D eigenvalue weighted by Crippen LogP contribution is 2.33. The van der Waals surface area contributed by atoms with Gasteiger partial charge in [0.15, 0.2) is 5.82 Å². The fourth-order valence-corrected chi connectivity index (χ4v) is 5.18. The summed E-state index contributed by atoms with van der Waals surface area (Å²) in [6.07, 6.45) is 6.53. The van der Waals surface area contributed by atoms with Crippen molar-refractivity contribution in [2.45, 2.75) is 31.7 Å². The molecule has 2 N–H and O–H groups in total. The lowest BCUT2D eigenvalue weighted by Gasteiger charge is -2.41. The number of piperazine rings is 1. The third-order valence-electron chi connectivity index (χ3n) is 6.53. The fourth-order valence-electron chi connectivity index (χ4n) is 4.50. The average Bonchev–Trinajstić information content (AvgIpc) is 3.32. The van der Waals surface area contributed by atoms with Crippen molar-refractivity contribution in [3.8, 4) is 0 Å². The topological polar surface area (TPSA) is 55.9 Å². The summed E-state index contributed by atoms with van der Waals surface area (Å²) in [5, 5.41) is 7.54. The second-order valence-corrected chi connectivity index (χ2v) is 10.0. The molecule has 10 heteroatoms. The summed E-state index contributed by atoms with van der Waals surface area (Å²) < 4.78 is 14.7. The zero-order chi connectivity index (χ0) is 22.5. The second kappa shape index (κ2) is 11.0. The molecule has 2 fully saturated rings. The predicted octanol–water partition coefficient (Wildman–Crippen LogP) is 4.55. The van der Waals surface area contributed by atoms with Gasteiger partial charge in [0.1, 0.15) is 5.69 Å². The lowest BCUT2D eigenvalue weighted by atomic mass is 9.85. The van der Waals surface area contributed by atoms with Crippen molar-refractivity contribution < 1.29 is 9.33 Å². The van der Waals surface area contributed by atoms with Crippen molar-refractivity contribution in [3.63, 3.8) is 0 Å². The van der Waals surface area contributed by atoms with E-state index in [0.717, 1.165) is 6.54 Å². The number of rotatable bonds is 8. The second-order valence-electron chi connectivity index (χ2n) is 8.71. The molecule has 1 aliphatic heterocycles. The van der Waals surface area contributed by atoms with Gasteiger partial charge in [0.25, 0.3) is 0 Å². The quantitative estimate of drug-likeness (QED) is 0.535. The zero-order valence-corrected chi connectivity index (χ0v) is 20.3. The molecule has 7 nitrogen and oxygen atoms in total. The van der Waals surface area contributed by atoms with Gasteiger partial charge in [0.05, 0.1) is 10.7 Å². The number of benzene rings is 1. The van der Waals surface area contributed by atoms with E-state index in [4.69, 9.17) is 16.5 Å². The van der Waals surface area contributed by atoms with E-state index >= 15 is 0 Å². The van der Waals surface area contributed by atoms with Crippen LogP contribution in [0.5, 0.6) is 0 Å². The molecule has 0 bridgehead atoms. The van der Waals surface area contributed by atoms with Crippen LogP contribution in [0, 0.1) is 11.7 Å². The number of halogens is 2. The first kappa shape index (κ1) is 23.5. The summed E-state index contributed by atoms with van der Waals surface area (Å²) in [6, 6.07) is 3.73. The monoisotopic (exact) mass is 482 g/mol. The van der Waals surface area contributed by atoms with Gasteiger partial charge in [-0.05, 0) is 44.7 Å². The van der Waals surface area contributed by atoms with Gasteiger partial charge in [0, 0.05) is 63.5 Å². The molecular weight excluding hydrogens is 451 g/mol. The Labute approximate surface area is 198 Å². The summed E-state index contributed by atoms with van der Waals surface area (Å²) in [7, 11) is 3.81. The smallest absolute Gasteiger partial charge is 0.208 e. The van der Waals surface area contributed by atoms with Crippen molar-refractivity contribution in [2.75, 3.05) is 62.7 Å². The molecular formula is C22H32ClFN6OS. The highest BCUT2D eigenvalue weighted by Gasteiger charge is 2.27. The van der Waals surface area contributed by atoms with E-state index in [1.165, 1.54) is 74.3 Å². The summed E-state index contributed by atoms with van der Waals surface area (Å²) >= 11 is 7.84. The van der Waals surface area contributed by atoms with Crippen LogP contribution in [0.15, 0.2) is 23.7 Å². The molecule has 0 atom stereocenters. The molecule has 0 spiro atoms. The van der Waals surface area contributed by atoms with Crippen molar-refractivity contribution >= 4 is 39.4 Å². The third-order valence-corrected chi connectivity index (χ3v) is 7.51. The Morgan fingerprint density at radius 3 is 2.66 bits per heavy atom. The zero-order valence-electron chi connectivity index (χ0n) is 18.7. The predicted molar refractivity (Wildman–Crippen MR) is 130 cm³/mol. The van der Waals surface area contributed by atoms with Gasteiger partial charge >= 0.3 is 0 Å². The SMILES string of the molecule is CN1CCN(C2CCC(CNc3cc(F)c(N(C)ONc4nccs4)cc3Cl)CC2)CC1. The van der Waals surface area contributed by atoms with Crippen molar-refractivity contribution in [3.05, 3.63) is 34.5 Å². The number of anilines is 3. The molecule has 1 aromatic carbocycles. The summed E-state index contributed by atoms with van der Waals surface area (Å²) in [6.45, 7) is 5.52. The number of hydrogen-bond donors (Lipinski definition) is 2. The number of aromatic nitrogens is 1. The first-order valence-electron chi connectivity index (χ1n) is 11.2. The Bertz CT molecular complexity index is 856. The molecule has 1 saturated carbocycles. The largest absolute Gasteiger partial charge is 0.383 e. The van der Waals surface area contributed by atoms with E-state index < -0.39 is 5.82 Å². The maximum Gasteiger partial charge on any atom is 0.208 e. The van der Waals surface area contributed by atoms with Crippen molar-refractivity contribution in [2.24, 2.45) is 5.92 Å². The normalized spacial score (nSPS) is 22.6. The summed E-state index contributed by atoms with van der Waals surface area (Å²) in [4.78, 5) is 14.5. The highest BCUT2D eigenvalue weighted by molar-refractivity contribution is 7.13. The van der Waals surface area contributed by atoms with Crippen LogP contribution >= 0.6 is 22.9 Å². The van der Waals surface area contributed by atoms with Crippen molar-refractivity contribution in [1.29, 1.82) is 0 Å². The van der Waals surface area contributed by atoms with E-state index in [9.17, 15) is 4.39 Å². The lowest BCUT2D eigenvalue weighted by molar-refractivity contribution is 0.0826. The summed E-state index contributed by atoms with van der Waals surface area (Å²) in [5.41, 5.74) is 3.55. The van der Waals surface area contributed by atoms with Gasteiger partial charge in [0.2, 0.25) is 5.13 Å². The minimum Gasteiger partial charge on any atom is -0.383 e. The molecule has 1 aromatic heterocycles. The van der Waals surface area contributed by atoms with E-state index in [2.05, 4.69) is 32.6 Å². The van der Waals surface area contributed by atoms with Crippen LogP contribution in [0.2, 0.25) is 5.02 Å². The lowest BCUT2D eigenvalue weighted by Crippen LogP contribution is -2.50. The average molecular weight is 483 g/mol. The molecule has 1 aliphatic carbocycles. The molecule has 2 aliphatic rings. The number of nitrogens with zero attached hydrogens (tertiary/aromatic N) is 4. The molecule has 4 rings (SSSR count). The Kier molecular flexibility index (Phi) is 8.07. The van der Waals surface area contributed by atoms with Crippen LogP contribution in [0.3, 0.4) is 0 Å². The van der Waals surface area contributed by atoms with Crippen LogP contribution in [-0.2, 0) is 4.94 Å². The highest BCUT2D eigenvalue weighted by atomic mass is 35.5. The van der Waals surface area contributed by atoms with Gasteiger partial charge in [-0.2, -0.15) is 4.94 Å². The maximum absolute atomic E-state index is 14.7. The van der Waals surface area contributed by atoms with Crippen LogP contribution in [-0.4, -0.2) is 67.6 Å². The summed E-state index contributed by atoms with van der Waals surface area (Å²) in [5.74, 6) is 0.185. The Hall–Kier alpha value is -1.65. The number of nitrogens with one attached hydrogen (secondary N) is 2. The van der Waals surface area contributed by atoms with Crippen LogP contribution in [0.1, 0.15) is 25.7 Å². The molecule has 0 radical (unpaired) electrons. The van der Waals surface area contributed by atoms with Gasteiger partial charge in [-0.15, -0.1) is 11.3 Å². The molecule has 2 aromatic rings. The van der Waals surface area contributed by atoms with Crippen LogP contribution in [0.25, 0.3) is 0 Å². The first-order chi connectivity index (χ1) is 15.5. The number of likely N-dealkylation sites (N-methyl/N-ethyl adjacent to an activating group) is 1. The van der Waals surface area contributed by atoms with Crippen LogP contribution < -0.4 is 15.9 Å². The van der Waals surface area contributed by atoms with E-state index in [1.807, 2.05) is 5.38 Å². The Balaban J connectivity index is 1.25. The Morgan fingerprint density at radius 2 is 1.97 bits per heavy atom. The molecule has 0 amide bonds. The van der Waals surface area contributed by atoms with Crippen molar-refractivity contribution in [1.82, 2.24) is 14.8 Å². The molecule has 1 saturated heterocycles. The molecule has 0 unspecified atom stereocenters. The van der Waals surface area contributed by atoms with E-state index in [0.29, 0.717) is 27.8 Å². The molecule has 176 valence electrons. The van der Waals surface area contributed by atoms with Gasteiger partial charge in [-0.3, -0.25) is 4.90 Å². The van der Waals surface area contributed by atoms with Gasteiger partial charge < -0.3 is 10.2 Å². The number of hydroxylamine groups is 1.